The Bertz CT molecular complexity index is 1440. The van der Waals surface area contributed by atoms with Gasteiger partial charge in [0.05, 0.1) is 26.1 Å². The fraction of sp³-hybridized carbons (Fsp3) is 0.652. The van der Waals surface area contributed by atoms with Gasteiger partial charge in [-0.1, -0.05) is 11.4 Å². The maximum absolute atomic E-state index is 14.0. The molecule has 2 aromatic rings. The fourth-order valence-electron chi connectivity index (χ4n) is 4.43. The number of nitrogens with one attached hydrogen (secondary N) is 2. The molecule has 2 fully saturated rings. The minimum Gasteiger partial charge on any atom is -0.479 e. The summed E-state index contributed by atoms with van der Waals surface area (Å²) in [6.07, 6.45) is -3.16. The Morgan fingerprint density at radius 3 is 2.65 bits per heavy atom. The van der Waals surface area contributed by atoms with Gasteiger partial charge in [0.2, 0.25) is 11.8 Å². The van der Waals surface area contributed by atoms with Crippen molar-refractivity contribution in [1.82, 2.24) is 34.8 Å². The number of imide groups is 1. The number of aromatic nitrogens is 4. The third-order valence-electron chi connectivity index (χ3n) is 6.72. The summed E-state index contributed by atoms with van der Waals surface area (Å²) in [5.41, 5.74) is 4.27. The fourth-order valence-corrected chi connectivity index (χ4v) is 8.29. The number of urea groups is 1. The van der Waals surface area contributed by atoms with Crippen molar-refractivity contribution in [3.05, 3.63) is 6.33 Å². The number of carbonyl (C=O) groups excluding carboxylic acids is 3. The number of ether oxygens (including phenoxy) is 3. The normalized spacial score (nSPS) is 27.9. The molecular weight excluding hydrogens is 611 g/mol. The van der Waals surface area contributed by atoms with Gasteiger partial charge in [0.25, 0.3) is 5.91 Å². The Kier molecular flexibility index (Phi) is 9.55. The molecule has 4 heterocycles. The van der Waals surface area contributed by atoms with Crippen molar-refractivity contribution in [2.75, 3.05) is 32.3 Å². The van der Waals surface area contributed by atoms with Crippen LogP contribution in [0.1, 0.15) is 33.9 Å². The molecule has 0 aliphatic carbocycles. The van der Waals surface area contributed by atoms with E-state index in [0.29, 0.717) is 11.4 Å². The smallest absolute Gasteiger partial charge is 0.327 e. The van der Waals surface area contributed by atoms with Gasteiger partial charge >= 0.3 is 18.7 Å². The number of aliphatic hydroxyl groups is 2. The molecule has 238 valence electrons. The molecule has 3 unspecified atom stereocenters. The lowest BCUT2D eigenvalue weighted by atomic mass is 9.96. The first-order chi connectivity index (χ1) is 20.1. The van der Waals surface area contributed by atoms with Gasteiger partial charge in [-0.25, -0.2) is 14.9 Å². The molecule has 3 amide bonds. The van der Waals surface area contributed by atoms with Crippen LogP contribution in [0.5, 0.6) is 5.88 Å². The second kappa shape index (κ2) is 12.5. The first-order valence-corrected chi connectivity index (χ1v) is 16.3. The first-order valence-electron chi connectivity index (χ1n) is 13.1. The number of hydrogen-bond donors (Lipinski definition) is 5. The van der Waals surface area contributed by atoms with Crippen LogP contribution in [0.2, 0.25) is 0 Å². The number of esters is 1. The highest BCUT2D eigenvalue weighted by Crippen LogP contribution is 2.57. The third-order valence-corrected chi connectivity index (χ3v) is 10.8. The third kappa shape index (κ3) is 6.72. The van der Waals surface area contributed by atoms with Crippen LogP contribution in [0.15, 0.2) is 6.33 Å². The molecule has 4 rings (SSSR count). The summed E-state index contributed by atoms with van der Waals surface area (Å²) in [7, 11) is 2.68. The van der Waals surface area contributed by atoms with Crippen molar-refractivity contribution in [1.29, 1.82) is 0 Å². The number of aliphatic hydroxyl groups excluding tert-OH is 1. The number of carbonyl (C=O) groups is 3. The lowest BCUT2D eigenvalue weighted by Gasteiger charge is -2.27. The van der Waals surface area contributed by atoms with Crippen LogP contribution in [0, 0.1) is 0 Å². The zero-order valence-electron chi connectivity index (χ0n) is 24.3. The van der Waals surface area contributed by atoms with E-state index < -0.39 is 73.5 Å². The Morgan fingerprint density at radius 2 is 2.05 bits per heavy atom. The summed E-state index contributed by atoms with van der Waals surface area (Å²) in [6.45, 7) is 1.49. The summed E-state index contributed by atoms with van der Waals surface area (Å²) >= 11 is 0.677. The highest BCUT2D eigenvalue weighted by Gasteiger charge is 2.54. The van der Waals surface area contributed by atoms with E-state index in [9.17, 15) is 29.2 Å². The minimum absolute atomic E-state index is 0.0941. The highest BCUT2D eigenvalue weighted by molar-refractivity contribution is 8.56. The maximum atomic E-state index is 14.0. The molecule has 0 spiro atoms. The minimum atomic E-state index is -4.05. The van der Waals surface area contributed by atoms with E-state index in [1.54, 1.807) is 13.8 Å². The van der Waals surface area contributed by atoms with Crippen molar-refractivity contribution in [2.24, 2.45) is 0 Å². The van der Waals surface area contributed by atoms with E-state index in [1.165, 1.54) is 38.9 Å². The number of methoxy groups -OCH3 is 1. The SMILES string of the molecule is COc1nc(N)nc2c1ncn2C1OC(COP(=O)(N[C@H](C)C(=O)OC(C)C)SC[C@H]2NC(=O)N(C)C2=O)[C@@H](O)[C@@]1(C)O. The molecule has 18 nitrogen and oxygen atoms in total. The van der Waals surface area contributed by atoms with Crippen molar-refractivity contribution < 1.29 is 47.9 Å². The average Bonchev–Trinajstić information content (AvgIpc) is 3.53. The topological polar surface area (TPSA) is 243 Å². The summed E-state index contributed by atoms with van der Waals surface area (Å²) < 4.78 is 37.4. The average molecular weight is 647 g/mol. The van der Waals surface area contributed by atoms with Gasteiger partial charge in [0.15, 0.2) is 17.4 Å². The van der Waals surface area contributed by atoms with Crippen LogP contribution in [0.4, 0.5) is 10.7 Å². The van der Waals surface area contributed by atoms with E-state index in [2.05, 4.69) is 25.4 Å². The summed E-state index contributed by atoms with van der Waals surface area (Å²) in [5, 5.41) is 27.4. The van der Waals surface area contributed by atoms with Crippen LogP contribution in [-0.4, -0.2) is 115 Å². The molecule has 6 N–H and O–H groups in total. The van der Waals surface area contributed by atoms with E-state index in [1.807, 2.05) is 0 Å². The number of imidazole rings is 1. The molecule has 43 heavy (non-hydrogen) atoms. The van der Waals surface area contributed by atoms with E-state index >= 15 is 0 Å². The molecule has 0 bridgehead atoms. The van der Waals surface area contributed by atoms with Crippen molar-refractivity contribution >= 4 is 53.1 Å². The number of nitrogens with two attached hydrogens (primary N) is 1. The Balaban J connectivity index is 1.53. The second-order valence-electron chi connectivity index (χ2n) is 10.4. The van der Waals surface area contributed by atoms with Crippen LogP contribution in [0.3, 0.4) is 0 Å². The Labute approximate surface area is 250 Å². The number of rotatable bonds is 12. The predicted molar refractivity (Wildman–Crippen MR) is 152 cm³/mol. The number of likely N-dealkylation sites (N-methyl/N-ethyl adjacent to an activating group) is 1. The molecule has 7 atom stereocenters. The number of fused-ring (bicyclic) bond motifs is 1. The quantitative estimate of drug-likeness (QED) is 0.114. The standard InChI is InChI=1S/C23H35N8O10PS/c1-10(2)40-19(34)11(3)29-42(37,43-8-12-18(33)30(5)22(35)26-12)39-7-13-15(32)23(4,36)20(41-13)31-9-25-14-16(31)27-21(24)28-17(14)38-6/h9-13,15,20,32,36H,7-8H2,1-6H3,(H,26,35)(H,29,37)(H2,24,27,28)/t11-,12-,13?,15-,20?,23-,42?/m1/s1. The van der Waals surface area contributed by atoms with Crippen molar-refractivity contribution in [3.63, 3.8) is 0 Å². The molecular formula is C23H35N8O10PS. The van der Waals surface area contributed by atoms with Gasteiger partial charge in [0.1, 0.15) is 29.9 Å². The first kappa shape index (κ1) is 32.8. The van der Waals surface area contributed by atoms with Gasteiger partial charge < -0.3 is 40.0 Å². The lowest BCUT2D eigenvalue weighted by molar-refractivity contribution is -0.149. The van der Waals surface area contributed by atoms with Gasteiger partial charge in [-0.05, 0) is 27.7 Å². The molecule has 0 aromatic carbocycles. The summed E-state index contributed by atoms with van der Waals surface area (Å²) in [5.74, 6) is -1.42. The van der Waals surface area contributed by atoms with Gasteiger partial charge in [0, 0.05) is 12.8 Å². The Hall–Kier alpha value is -3.06. The van der Waals surface area contributed by atoms with E-state index in [-0.39, 0.29) is 28.7 Å². The molecule has 2 saturated heterocycles. The van der Waals surface area contributed by atoms with Crippen LogP contribution < -0.4 is 20.9 Å². The number of nitrogens with zero attached hydrogens (tertiary/aromatic N) is 5. The van der Waals surface area contributed by atoms with Crippen molar-refractivity contribution in [2.45, 2.75) is 69.9 Å². The Morgan fingerprint density at radius 1 is 1.35 bits per heavy atom. The summed E-state index contributed by atoms with van der Waals surface area (Å²) in [4.78, 5) is 49.9. The number of nitrogen functional groups attached to an aromatic ring is 1. The molecule has 0 radical (unpaired) electrons. The van der Waals surface area contributed by atoms with Gasteiger partial charge in [-0.3, -0.25) is 23.6 Å². The van der Waals surface area contributed by atoms with Crippen molar-refractivity contribution in [3.8, 4) is 5.88 Å². The van der Waals surface area contributed by atoms with E-state index in [0.717, 1.165) is 4.90 Å². The highest BCUT2D eigenvalue weighted by atomic mass is 32.7. The second-order valence-corrected chi connectivity index (χ2v) is 14.8. The van der Waals surface area contributed by atoms with Gasteiger partial charge in [-0.2, -0.15) is 9.97 Å². The van der Waals surface area contributed by atoms with E-state index in [4.69, 9.17) is 24.5 Å². The molecule has 0 saturated carbocycles. The summed E-state index contributed by atoms with van der Waals surface area (Å²) in [6, 6.07) is -2.70. The molecule has 2 aliphatic rings. The largest absolute Gasteiger partial charge is 0.479 e. The molecule has 2 aliphatic heterocycles. The number of hydrogen-bond acceptors (Lipinski definition) is 15. The zero-order chi connectivity index (χ0) is 31.9. The zero-order valence-corrected chi connectivity index (χ0v) is 26.0. The van der Waals surface area contributed by atoms with Gasteiger partial charge in [-0.15, -0.1) is 0 Å². The lowest BCUT2D eigenvalue weighted by Crippen LogP contribution is -2.44. The maximum Gasteiger partial charge on any atom is 0.327 e. The number of anilines is 1. The predicted octanol–water partition coefficient (Wildman–Crippen LogP) is -0.236. The molecule has 2 aromatic heterocycles. The molecule has 20 heteroatoms. The van der Waals surface area contributed by atoms with Crippen LogP contribution in [0.25, 0.3) is 11.2 Å². The number of amides is 3. The monoisotopic (exact) mass is 646 g/mol. The van der Waals surface area contributed by atoms with Crippen LogP contribution in [-0.2, 0) is 28.2 Å². The van der Waals surface area contributed by atoms with Crippen LogP contribution >= 0.6 is 18.1 Å².